The number of benzene rings is 1. The molecule has 2 rings (SSSR count). The molecule has 1 aromatic rings. The van der Waals surface area contributed by atoms with Gasteiger partial charge in [0, 0.05) is 25.9 Å². The van der Waals surface area contributed by atoms with Crippen LogP contribution >= 0.6 is 0 Å². The highest BCUT2D eigenvalue weighted by atomic mass is 16.5. The lowest BCUT2D eigenvalue weighted by Gasteiger charge is -2.13. The highest BCUT2D eigenvalue weighted by Crippen LogP contribution is 2.14. The van der Waals surface area contributed by atoms with E-state index < -0.39 is 0 Å². The van der Waals surface area contributed by atoms with E-state index in [0.29, 0.717) is 39.0 Å². The van der Waals surface area contributed by atoms with Crippen molar-refractivity contribution in [2.45, 2.75) is 25.8 Å². The van der Waals surface area contributed by atoms with Gasteiger partial charge in [0.15, 0.2) is 0 Å². The van der Waals surface area contributed by atoms with Crippen molar-refractivity contribution < 1.29 is 14.3 Å². The average molecular weight is 262 g/mol. The van der Waals surface area contributed by atoms with Gasteiger partial charge in [-0.15, -0.1) is 0 Å². The second-order valence-electron chi connectivity index (χ2n) is 4.49. The number of amides is 2. The summed E-state index contributed by atoms with van der Waals surface area (Å²) in [5.41, 5.74) is 6.56. The third-order valence-electron chi connectivity index (χ3n) is 3.11. The summed E-state index contributed by atoms with van der Waals surface area (Å²) in [5.74, 6) is 0.630. The fourth-order valence-corrected chi connectivity index (χ4v) is 2.01. The number of ether oxygens (including phenoxy) is 1. The summed E-state index contributed by atoms with van der Waals surface area (Å²) in [5, 5.41) is 0. The van der Waals surface area contributed by atoms with Gasteiger partial charge < -0.3 is 10.5 Å². The molecule has 0 unspecified atom stereocenters. The number of carbonyl (C=O) groups excluding carboxylic acids is 2. The Morgan fingerprint density at radius 3 is 2.32 bits per heavy atom. The van der Waals surface area contributed by atoms with E-state index in [1.54, 1.807) is 0 Å². The predicted molar refractivity (Wildman–Crippen MR) is 70.4 cm³/mol. The normalized spacial score (nSPS) is 15.1. The van der Waals surface area contributed by atoms with Gasteiger partial charge in [0.25, 0.3) is 0 Å². The van der Waals surface area contributed by atoms with E-state index >= 15 is 0 Å². The van der Waals surface area contributed by atoms with E-state index in [1.807, 2.05) is 24.3 Å². The van der Waals surface area contributed by atoms with Gasteiger partial charge in [-0.2, -0.15) is 0 Å². The molecule has 0 atom stereocenters. The molecule has 102 valence electrons. The molecule has 1 aromatic carbocycles. The predicted octanol–water partition coefficient (Wildman–Crippen LogP) is 1.06. The summed E-state index contributed by atoms with van der Waals surface area (Å²) >= 11 is 0. The molecule has 19 heavy (non-hydrogen) atoms. The lowest BCUT2D eigenvalue weighted by atomic mass is 10.2. The first-order valence-electron chi connectivity index (χ1n) is 6.45. The number of likely N-dealkylation sites (tertiary alicyclic amines) is 1. The van der Waals surface area contributed by atoms with Gasteiger partial charge in [0.1, 0.15) is 5.75 Å². The molecule has 1 saturated heterocycles. The van der Waals surface area contributed by atoms with Crippen molar-refractivity contribution in [2.24, 2.45) is 5.73 Å². The van der Waals surface area contributed by atoms with Gasteiger partial charge in [-0.25, -0.2) is 0 Å². The van der Waals surface area contributed by atoms with Crippen molar-refractivity contribution in [3.63, 3.8) is 0 Å². The maximum Gasteiger partial charge on any atom is 0.229 e. The van der Waals surface area contributed by atoms with E-state index in [1.165, 1.54) is 4.90 Å². The molecule has 0 radical (unpaired) electrons. The van der Waals surface area contributed by atoms with Gasteiger partial charge in [-0.3, -0.25) is 14.5 Å². The van der Waals surface area contributed by atoms with E-state index in [2.05, 4.69) is 0 Å². The molecule has 5 nitrogen and oxygen atoms in total. The smallest absolute Gasteiger partial charge is 0.229 e. The van der Waals surface area contributed by atoms with E-state index in [4.69, 9.17) is 10.5 Å². The first-order chi connectivity index (χ1) is 9.20. The van der Waals surface area contributed by atoms with Crippen LogP contribution in [-0.4, -0.2) is 29.9 Å². The van der Waals surface area contributed by atoms with Gasteiger partial charge in [-0.1, -0.05) is 12.1 Å². The molecule has 2 N–H and O–H groups in total. The Hall–Kier alpha value is -1.88. The number of rotatable bonds is 6. The van der Waals surface area contributed by atoms with Crippen LogP contribution in [0.15, 0.2) is 24.3 Å². The molecule has 0 saturated carbocycles. The van der Waals surface area contributed by atoms with Crippen LogP contribution in [0.4, 0.5) is 0 Å². The summed E-state index contributed by atoms with van der Waals surface area (Å²) in [6, 6.07) is 7.58. The van der Waals surface area contributed by atoms with Crippen LogP contribution in [0.2, 0.25) is 0 Å². The topological polar surface area (TPSA) is 72.6 Å². The largest absolute Gasteiger partial charge is 0.494 e. The van der Waals surface area contributed by atoms with Crippen LogP contribution in [0.5, 0.6) is 5.75 Å². The molecule has 0 aliphatic carbocycles. The molecule has 0 bridgehead atoms. The third kappa shape index (κ3) is 3.54. The Labute approximate surface area is 112 Å². The number of carbonyl (C=O) groups is 2. The highest BCUT2D eigenvalue weighted by Gasteiger charge is 2.27. The van der Waals surface area contributed by atoms with E-state index in [0.717, 1.165) is 11.3 Å². The molecule has 1 aliphatic rings. The summed E-state index contributed by atoms with van der Waals surface area (Å²) < 4.78 is 5.55. The first-order valence-corrected chi connectivity index (χ1v) is 6.45. The highest BCUT2D eigenvalue weighted by molar-refractivity contribution is 6.01. The maximum absolute atomic E-state index is 11.4. The van der Waals surface area contributed by atoms with Crippen molar-refractivity contribution in [2.75, 3.05) is 13.2 Å². The van der Waals surface area contributed by atoms with Crippen LogP contribution in [0, 0.1) is 0 Å². The Morgan fingerprint density at radius 1 is 1.11 bits per heavy atom. The lowest BCUT2D eigenvalue weighted by Crippen LogP contribution is -2.30. The Morgan fingerprint density at radius 2 is 1.74 bits per heavy atom. The second-order valence-corrected chi connectivity index (χ2v) is 4.49. The molecular weight excluding hydrogens is 244 g/mol. The van der Waals surface area contributed by atoms with E-state index in [9.17, 15) is 9.59 Å². The molecule has 0 aromatic heterocycles. The summed E-state index contributed by atoms with van der Waals surface area (Å²) in [7, 11) is 0. The van der Waals surface area contributed by atoms with Gasteiger partial charge >= 0.3 is 0 Å². The molecule has 2 amide bonds. The zero-order valence-corrected chi connectivity index (χ0v) is 10.8. The van der Waals surface area contributed by atoms with Gasteiger partial charge in [-0.05, 0) is 24.1 Å². The number of imide groups is 1. The number of nitrogens with two attached hydrogens (primary N) is 1. The van der Waals surface area contributed by atoms with Crippen LogP contribution in [0.1, 0.15) is 24.8 Å². The summed E-state index contributed by atoms with van der Waals surface area (Å²) in [6.45, 7) is 1.44. The third-order valence-corrected chi connectivity index (χ3v) is 3.11. The Kier molecular flexibility index (Phi) is 4.52. The Bertz CT molecular complexity index is 440. The van der Waals surface area contributed by atoms with Crippen LogP contribution in [0.25, 0.3) is 0 Å². The maximum atomic E-state index is 11.4. The average Bonchev–Trinajstić information content (AvgIpc) is 2.75. The van der Waals surface area contributed by atoms with Crippen LogP contribution < -0.4 is 10.5 Å². The minimum atomic E-state index is -0.0719. The minimum absolute atomic E-state index is 0.0719. The van der Waals surface area contributed by atoms with Crippen LogP contribution in [0.3, 0.4) is 0 Å². The molecule has 1 aliphatic heterocycles. The summed E-state index contributed by atoms with van der Waals surface area (Å²) in [6.07, 6.45) is 1.34. The standard InChI is InChI=1S/C14H18N2O3/c15-10-11-2-4-12(5-3-11)19-9-1-8-16-13(17)6-7-14(16)18/h2-5H,1,6-10,15H2. The first kappa shape index (κ1) is 13.5. The fraction of sp³-hybridized carbons (Fsp3) is 0.429. The zero-order valence-electron chi connectivity index (χ0n) is 10.8. The van der Waals surface area contributed by atoms with Crippen LogP contribution in [-0.2, 0) is 16.1 Å². The van der Waals surface area contributed by atoms with E-state index in [-0.39, 0.29) is 11.8 Å². The monoisotopic (exact) mass is 262 g/mol. The van der Waals surface area contributed by atoms with Crippen molar-refractivity contribution in [1.29, 1.82) is 0 Å². The fourth-order valence-electron chi connectivity index (χ4n) is 2.01. The summed E-state index contributed by atoms with van der Waals surface area (Å²) in [4.78, 5) is 24.1. The molecular formula is C14H18N2O3. The lowest BCUT2D eigenvalue weighted by molar-refractivity contribution is -0.138. The second kappa shape index (κ2) is 6.33. The molecule has 5 heteroatoms. The van der Waals surface area contributed by atoms with Gasteiger partial charge in [0.05, 0.1) is 6.61 Å². The number of nitrogens with zero attached hydrogens (tertiary/aromatic N) is 1. The van der Waals surface area contributed by atoms with Crippen molar-refractivity contribution >= 4 is 11.8 Å². The molecule has 0 spiro atoms. The SMILES string of the molecule is NCc1ccc(OCCCN2C(=O)CCC2=O)cc1. The van der Waals surface area contributed by atoms with Gasteiger partial charge in [0.2, 0.25) is 11.8 Å². The van der Waals surface area contributed by atoms with Crippen molar-refractivity contribution in [3.8, 4) is 5.75 Å². The Balaban J connectivity index is 1.71. The molecule has 1 heterocycles. The van der Waals surface area contributed by atoms with Crippen molar-refractivity contribution in [1.82, 2.24) is 4.90 Å². The zero-order chi connectivity index (χ0) is 13.7. The molecule has 1 fully saturated rings. The minimum Gasteiger partial charge on any atom is -0.494 e. The quantitative estimate of drug-likeness (QED) is 0.614. The number of hydrogen-bond acceptors (Lipinski definition) is 4. The van der Waals surface area contributed by atoms with Crippen molar-refractivity contribution in [3.05, 3.63) is 29.8 Å². The number of hydrogen-bond donors (Lipinski definition) is 1.